The SMILES string of the molecule is Cc1ccccc1C(CC1Cc2ccccc2O1)C(=O)O. The summed E-state index contributed by atoms with van der Waals surface area (Å²) in [5.41, 5.74) is 3.06. The van der Waals surface area contributed by atoms with Crippen molar-refractivity contribution in [1.29, 1.82) is 0 Å². The molecule has 0 aromatic heterocycles. The summed E-state index contributed by atoms with van der Waals surface area (Å²) in [4.78, 5) is 11.7. The van der Waals surface area contributed by atoms with Gasteiger partial charge in [-0.05, 0) is 29.7 Å². The molecule has 1 aliphatic rings. The molecule has 2 unspecified atom stereocenters. The Labute approximate surface area is 124 Å². The minimum atomic E-state index is -0.788. The van der Waals surface area contributed by atoms with E-state index in [0.29, 0.717) is 6.42 Å². The topological polar surface area (TPSA) is 46.5 Å². The Kier molecular flexibility index (Phi) is 3.65. The van der Waals surface area contributed by atoms with Gasteiger partial charge in [-0.15, -0.1) is 0 Å². The van der Waals surface area contributed by atoms with Crippen molar-refractivity contribution in [1.82, 2.24) is 0 Å². The van der Waals surface area contributed by atoms with Crippen molar-refractivity contribution < 1.29 is 14.6 Å². The molecule has 0 spiro atoms. The number of aryl methyl sites for hydroxylation is 1. The van der Waals surface area contributed by atoms with Gasteiger partial charge < -0.3 is 9.84 Å². The fourth-order valence-electron chi connectivity index (χ4n) is 2.99. The number of rotatable bonds is 4. The van der Waals surface area contributed by atoms with Gasteiger partial charge in [-0.25, -0.2) is 0 Å². The lowest BCUT2D eigenvalue weighted by Crippen LogP contribution is -2.23. The molecule has 2 aromatic carbocycles. The fraction of sp³-hybridized carbons (Fsp3) is 0.278. The summed E-state index contributed by atoms with van der Waals surface area (Å²) in [6.45, 7) is 1.95. The Hall–Kier alpha value is -2.29. The standard InChI is InChI=1S/C18H18O3/c1-12-6-2-4-8-15(12)16(18(19)20)11-14-10-13-7-3-5-9-17(13)21-14/h2-9,14,16H,10-11H2,1H3,(H,19,20). The second kappa shape index (κ2) is 5.60. The first-order valence-electron chi connectivity index (χ1n) is 7.18. The van der Waals surface area contributed by atoms with Crippen LogP contribution in [0.15, 0.2) is 48.5 Å². The van der Waals surface area contributed by atoms with E-state index in [0.717, 1.165) is 28.9 Å². The average molecular weight is 282 g/mol. The van der Waals surface area contributed by atoms with E-state index >= 15 is 0 Å². The largest absolute Gasteiger partial charge is 0.490 e. The maximum atomic E-state index is 11.7. The summed E-state index contributed by atoms with van der Waals surface area (Å²) in [7, 11) is 0. The van der Waals surface area contributed by atoms with Crippen LogP contribution in [0.2, 0.25) is 0 Å². The number of carboxylic acids is 1. The van der Waals surface area contributed by atoms with Crippen LogP contribution in [0, 0.1) is 6.92 Å². The quantitative estimate of drug-likeness (QED) is 0.932. The summed E-state index contributed by atoms with van der Waals surface area (Å²) >= 11 is 0. The Morgan fingerprint density at radius 3 is 2.67 bits per heavy atom. The highest BCUT2D eigenvalue weighted by atomic mass is 16.5. The van der Waals surface area contributed by atoms with Gasteiger partial charge in [0, 0.05) is 12.8 Å². The van der Waals surface area contributed by atoms with Gasteiger partial charge >= 0.3 is 5.97 Å². The molecule has 108 valence electrons. The maximum absolute atomic E-state index is 11.7. The molecule has 0 fully saturated rings. The molecule has 0 saturated heterocycles. The molecular weight excluding hydrogens is 264 g/mol. The predicted octanol–water partition coefficient (Wildman–Crippen LogP) is 3.56. The van der Waals surface area contributed by atoms with Gasteiger partial charge in [-0.1, -0.05) is 42.5 Å². The summed E-state index contributed by atoms with van der Waals surface area (Å²) in [6, 6.07) is 15.6. The zero-order valence-electron chi connectivity index (χ0n) is 12.0. The molecule has 0 amide bonds. The van der Waals surface area contributed by atoms with Gasteiger partial charge in [-0.2, -0.15) is 0 Å². The molecule has 3 nitrogen and oxygen atoms in total. The van der Waals surface area contributed by atoms with Crippen LogP contribution in [0.5, 0.6) is 5.75 Å². The first-order valence-corrected chi connectivity index (χ1v) is 7.18. The number of benzene rings is 2. The third kappa shape index (κ3) is 2.77. The first kappa shape index (κ1) is 13.7. The molecule has 2 aromatic rings. The number of aliphatic carboxylic acids is 1. The zero-order valence-corrected chi connectivity index (χ0v) is 12.0. The normalized spacial score (nSPS) is 17.9. The fourth-order valence-corrected chi connectivity index (χ4v) is 2.99. The van der Waals surface area contributed by atoms with Crippen LogP contribution >= 0.6 is 0 Å². The monoisotopic (exact) mass is 282 g/mol. The van der Waals surface area contributed by atoms with Crippen LogP contribution in [-0.4, -0.2) is 17.2 Å². The number of hydrogen-bond donors (Lipinski definition) is 1. The highest BCUT2D eigenvalue weighted by Crippen LogP contribution is 2.34. The lowest BCUT2D eigenvalue weighted by Gasteiger charge is -2.19. The zero-order chi connectivity index (χ0) is 14.8. The number of ether oxygens (including phenoxy) is 1. The molecule has 0 aliphatic carbocycles. The second-order valence-electron chi connectivity index (χ2n) is 5.53. The van der Waals surface area contributed by atoms with Gasteiger partial charge in [0.05, 0.1) is 5.92 Å². The molecule has 3 rings (SSSR count). The third-order valence-corrected chi connectivity index (χ3v) is 4.07. The smallest absolute Gasteiger partial charge is 0.311 e. The van der Waals surface area contributed by atoms with Crippen molar-refractivity contribution in [2.24, 2.45) is 0 Å². The van der Waals surface area contributed by atoms with Crippen LogP contribution < -0.4 is 4.74 Å². The second-order valence-corrected chi connectivity index (χ2v) is 5.53. The summed E-state index contributed by atoms with van der Waals surface area (Å²) in [5.74, 6) is -0.425. The van der Waals surface area contributed by atoms with Crippen molar-refractivity contribution in [2.75, 3.05) is 0 Å². The average Bonchev–Trinajstić information content (AvgIpc) is 2.88. The minimum Gasteiger partial charge on any atom is -0.490 e. The lowest BCUT2D eigenvalue weighted by molar-refractivity contribution is -0.139. The van der Waals surface area contributed by atoms with Gasteiger partial charge in [-0.3, -0.25) is 4.79 Å². The highest BCUT2D eigenvalue weighted by molar-refractivity contribution is 5.76. The summed E-state index contributed by atoms with van der Waals surface area (Å²) < 4.78 is 5.89. The Balaban J connectivity index is 1.79. The van der Waals surface area contributed by atoms with Crippen LogP contribution in [0.4, 0.5) is 0 Å². The number of carboxylic acid groups (broad SMARTS) is 1. The molecule has 3 heteroatoms. The summed E-state index contributed by atoms with van der Waals surface area (Å²) in [6.07, 6.45) is 1.21. The van der Waals surface area contributed by atoms with Gasteiger partial charge in [0.25, 0.3) is 0 Å². The highest BCUT2D eigenvalue weighted by Gasteiger charge is 2.30. The number of para-hydroxylation sites is 1. The molecule has 1 heterocycles. The van der Waals surface area contributed by atoms with E-state index in [2.05, 4.69) is 0 Å². The molecule has 0 radical (unpaired) electrons. The van der Waals surface area contributed by atoms with E-state index < -0.39 is 11.9 Å². The van der Waals surface area contributed by atoms with Gasteiger partial charge in [0.2, 0.25) is 0 Å². The molecule has 0 bridgehead atoms. The van der Waals surface area contributed by atoms with Crippen LogP contribution in [0.3, 0.4) is 0 Å². The summed E-state index contributed by atoms with van der Waals surface area (Å²) in [5, 5.41) is 9.57. The first-order chi connectivity index (χ1) is 10.1. The van der Waals surface area contributed by atoms with Crippen LogP contribution in [0.1, 0.15) is 29.0 Å². The Morgan fingerprint density at radius 1 is 1.24 bits per heavy atom. The molecule has 21 heavy (non-hydrogen) atoms. The predicted molar refractivity (Wildman–Crippen MR) is 80.7 cm³/mol. The van der Waals surface area contributed by atoms with Crippen molar-refractivity contribution in [3.05, 3.63) is 65.2 Å². The Bertz CT molecular complexity index is 638. The lowest BCUT2D eigenvalue weighted by atomic mass is 9.89. The van der Waals surface area contributed by atoms with Crippen molar-refractivity contribution in [3.63, 3.8) is 0 Å². The van der Waals surface area contributed by atoms with E-state index in [1.807, 2.05) is 55.5 Å². The molecule has 0 saturated carbocycles. The van der Waals surface area contributed by atoms with Crippen molar-refractivity contribution in [2.45, 2.75) is 31.8 Å². The van der Waals surface area contributed by atoms with Crippen LogP contribution in [-0.2, 0) is 11.2 Å². The number of fused-ring (bicyclic) bond motifs is 1. The van der Waals surface area contributed by atoms with Gasteiger partial charge in [0.15, 0.2) is 0 Å². The van der Waals surface area contributed by atoms with E-state index in [4.69, 9.17) is 4.74 Å². The minimum absolute atomic E-state index is 0.0666. The molecule has 2 atom stereocenters. The van der Waals surface area contributed by atoms with E-state index in [-0.39, 0.29) is 6.10 Å². The number of carbonyl (C=O) groups is 1. The molecular formula is C18H18O3. The number of hydrogen-bond acceptors (Lipinski definition) is 2. The van der Waals surface area contributed by atoms with Crippen molar-refractivity contribution in [3.8, 4) is 5.75 Å². The van der Waals surface area contributed by atoms with Gasteiger partial charge in [0.1, 0.15) is 11.9 Å². The van der Waals surface area contributed by atoms with E-state index in [9.17, 15) is 9.90 Å². The Morgan fingerprint density at radius 2 is 1.95 bits per heavy atom. The third-order valence-electron chi connectivity index (χ3n) is 4.07. The maximum Gasteiger partial charge on any atom is 0.311 e. The molecule has 1 N–H and O–H groups in total. The van der Waals surface area contributed by atoms with E-state index in [1.54, 1.807) is 0 Å². The van der Waals surface area contributed by atoms with Crippen LogP contribution in [0.25, 0.3) is 0 Å². The van der Waals surface area contributed by atoms with E-state index in [1.165, 1.54) is 0 Å². The molecule has 1 aliphatic heterocycles. The van der Waals surface area contributed by atoms with Crippen molar-refractivity contribution >= 4 is 5.97 Å².